The number of nitrogens with zero attached hydrogens (tertiary/aromatic N) is 3. The molecule has 0 amide bonds. The summed E-state index contributed by atoms with van der Waals surface area (Å²) < 4.78 is 11.0. The smallest absolute Gasteiger partial charge is 0.135 e. The first-order chi connectivity index (χ1) is 29.5. The summed E-state index contributed by atoms with van der Waals surface area (Å²) in [5.41, 5.74) is 18.4. The Morgan fingerprint density at radius 3 is 1.67 bits per heavy atom. The van der Waals surface area contributed by atoms with Crippen LogP contribution in [0.2, 0.25) is 0 Å². The Labute approximate surface area is 346 Å². The van der Waals surface area contributed by atoms with Crippen molar-refractivity contribution in [3.05, 3.63) is 199 Å². The summed E-state index contributed by atoms with van der Waals surface area (Å²) >= 11 is 0. The van der Waals surface area contributed by atoms with Gasteiger partial charge in [-0.1, -0.05) is 105 Å². The molecule has 0 saturated carbocycles. The highest BCUT2D eigenvalue weighted by Crippen LogP contribution is 2.49. The molecule has 8 aromatic carbocycles. The van der Waals surface area contributed by atoms with Crippen LogP contribution >= 0.6 is 0 Å². The summed E-state index contributed by atoms with van der Waals surface area (Å²) in [6.07, 6.45) is 1.91. The van der Waals surface area contributed by atoms with Gasteiger partial charge in [0, 0.05) is 60.9 Å². The van der Waals surface area contributed by atoms with E-state index in [2.05, 4.69) is 193 Å². The van der Waals surface area contributed by atoms with E-state index in [1.165, 1.54) is 82.6 Å². The van der Waals surface area contributed by atoms with Crippen LogP contribution in [0, 0.1) is 0 Å². The lowest BCUT2D eigenvalue weighted by Gasteiger charge is -2.21. The van der Waals surface area contributed by atoms with E-state index in [-0.39, 0.29) is 5.41 Å². The molecule has 0 unspecified atom stereocenters. The van der Waals surface area contributed by atoms with Crippen LogP contribution in [0.3, 0.4) is 0 Å². The molecule has 1 aliphatic carbocycles. The second kappa shape index (κ2) is 12.2. The highest BCUT2D eigenvalue weighted by molar-refractivity contribution is 6.14. The van der Waals surface area contributed by atoms with Crippen molar-refractivity contribution in [3.63, 3.8) is 0 Å². The molecule has 0 aliphatic heterocycles. The van der Waals surface area contributed by atoms with Crippen molar-refractivity contribution in [3.8, 4) is 44.9 Å². The molecule has 0 radical (unpaired) electrons. The second-order valence-corrected chi connectivity index (χ2v) is 16.8. The molecule has 4 nitrogen and oxygen atoms in total. The molecule has 0 spiro atoms. The molecule has 12 aromatic rings. The van der Waals surface area contributed by atoms with E-state index in [0.717, 1.165) is 39.0 Å². The maximum absolute atomic E-state index is 6.18. The van der Waals surface area contributed by atoms with Gasteiger partial charge < -0.3 is 13.6 Å². The van der Waals surface area contributed by atoms with Crippen molar-refractivity contribution < 1.29 is 4.42 Å². The minimum atomic E-state index is -0.0901. The number of para-hydroxylation sites is 3. The number of hydrogen-bond acceptors (Lipinski definition) is 2. The average Bonchev–Trinajstić information content (AvgIpc) is 4.01. The number of benzene rings is 8. The lowest BCUT2D eigenvalue weighted by Crippen LogP contribution is -2.15. The van der Waals surface area contributed by atoms with Crippen LogP contribution in [-0.2, 0) is 5.41 Å². The largest absolute Gasteiger partial charge is 0.456 e. The van der Waals surface area contributed by atoms with Crippen LogP contribution in [-0.4, -0.2) is 14.1 Å². The van der Waals surface area contributed by atoms with Crippen molar-refractivity contribution in [1.82, 2.24) is 14.1 Å². The Morgan fingerprint density at radius 1 is 0.400 bits per heavy atom. The van der Waals surface area contributed by atoms with Gasteiger partial charge in [-0.15, -0.1) is 0 Å². The van der Waals surface area contributed by atoms with Crippen molar-refractivity contribution in [2.24, 2.45) is 0 Å². The van der Waals surface area contributed by atoms with E-state index in [1.807, 2.05) is 18.3 Å². The first-order valence-corrected chi connectivity index (χ1v) is 20.7. The number of fused-ring (bicyclic) bond motifs is 12. The van der Waals surface area contributed by atoms with E-state index >= 15 is 0 Å². The lowest BCUT2D eigenvalue weighted by atomic mass is 9.83. The van der Waals surface area contributed by atoms with Gasteiger partial charge in [0.1, 0.15) is 11.2 Å². The molecule has 60 heavy (non-hydrogen) atoms. The zero-order valence-corrected chi connectivity index (χ0v) is 33.1. The molecule has 0 bridgehead atoms. The third kappa shape index (κ3) is 4.64. The Kier molecular flexibility index (Phi) is 6.75. The minimum Gasteiger partial charge on any atom is -0.456 e. The normalized spacial score (nSPS) is 13.3. The quantitative estimate of drug-likeness (QED) is 0.179. The standard InChI is InChI=1S/C56H37N3O/c1-56(2)47-23-22-39(33-46(47)55-48(56)15-10-28-57-55)59-49-16-8-6-13-40(49)42-29-34(18-24-50(42)59)35-19-25-51-43(30-35)44-31-36(20-26-52(44)58(51)38-11-4-3-5-12-38)37-21-27-54-45(32-37)41-14-7-9-17-53(41)60-54/h3-33H,1-2H3. The Hall–Kier alpha value is -7.69. The van der Waals surface area contributed by atoms with Gasteiger partial charge in [-0.3, -0.25) is 4.98 Å². The predicted molar refractivity (Wildman–Crippen MR) is 249 cm³/mol. The third-order valence-corrected chi connectivity index (χ3v) is 13.2. The zero-order chi connectivity index (χ0) is 39.7. The summed E-state index contributed by atoms with van der Waals surface area (Å²) in [4.78, 5) is 4.87. The summed E-state index contributed by atoms with van der Waals surface area (Å²) in [7, 11) is 0. The van der Waals surface area contributed by atoms with Crippen LogP contribution < -0.4 is 0 Å². The van der Waals surface area contributed by atoms with E-state index in [1.54, 1.807) is 0 Å². The van der Waals surface area contributed by atoms with Crippen molar-refractivity contribution >= 4 is 65.6 Å². The van der Waals surface area contributed by atoms with Crippen LogP contribution in [0.15, 0.2) is 193 Å². The molecular formula is C56H37N3O. The van der Waals surface area contributed by atoms with Gasteiger partial charge in [-0.25, -0.2) is 0 Å². The molecule has 1 aliphatic rings. The molecule has 13 rings (SSSR count). The SMILES string of the molecule is CC1(C)c2ccc(-n3c4ccccc4c4cc(-c5ccc6c(c5)c5cc(-c7ccc8oc9ccccc9c8c7)ccc5n6-c5ccccc5)ccc43)cc2-c2ncccc21. The summed E-state index contributed by atoms with van der Waals surface area (Å²) in [5.74, 6) is 0. The van der Waals surface area contributed by atoms with Crippen LogP contribution in [0.4, 0.5) is 0 Å². The lowest BCUT2D eigenvalue weighted by molar-refractivity contribution is 0.659. The summed E-state index contributed by atoms with van der Waals surface area (Å²) in [5, 5.41) is 7.19. The van der Waals surface area contributed by atoms with E-state index in [9.17, 15) is 0 Å². The minimum absolute atomic E-state index is 0.0901. The first kappa shape index (κ1) is 33.3. The molecule has 0 N–H and O–H groups in total. The van der Waals surface area contributed by atoms with Gasteiger partial charge in [-0.2, -0.15) is 0 Å². The number of pyridine rings is 1. The second-order valence-electron chi connectivity index (χ2n) is 16.8. The van der Waals surface area contributed by atoms with Crippen LogP contribution in [0.5, 0.6) is 0 Å². The van der Waals surface area contributed by atoms with Gasteiger partial charge in [0.25, 0.3) is 0 Å². The average molecular weight is 768 g/mol. The molecule has 4 heteroatoms. The van der Waals surface area contributed by atoms with E-state index in [0.29, 0.717) is 0 Å². The fraction of sp³-hybridized carbons (Fsp3) is 0.0536. The summed E-state index contributed by atoms with van der Waals surface area (Å²) in [6, 6.07) is 66.4. The van der Waals surface area contributed by atoms with Crippen molar-refractivity contribution in [2.45, 2.75) is 19.3 Å². The fourth-order valence-electron chi connectivity index (χ4n) is 10.3. The maximum atomic E-state index is 6.18. The van der Waals surface area contributed by atoms with Gasteiger partial charge in [0.15, 0.2) is 0 Å². The molecular weight excluding hydrogens is 731 g/mol. The third-order valence-electron chi connectivity index (χ3n) is 13.2. The van der Waals surface area contributed by atoms with Gasteiger partial charge in [0.05, 0.1) is 27.8 Å². The number of furan rings is 1. The van der Waals surface area contributed by atoms with Gasteiger partial charge >= 0.3 is 0 Å². The molecule has 0 saturated heterocycles. The Morgan fingerprint density at radius 2 is 0.950 bits per heavy atom. The number of hydrogen-bond donors (Lipinski definition) is 0. The zero-order valence-electron chi connectivity index (χ0n) is 33.1. The summed E-state index contributed by atoms with van der Waals surface area (Å²) in [6.45, 7) is 4.61. The fourth-order valence-corrected chi connectivity index (χ4v) is 10.3. The monoisotopic (exact) mass is 767 g/mol. The van der Waals surface area contributed by atoms with E-state index in [4.69, 9.17) is 9.40 Å². The molecule has 282 valence electrons. The first-order valence-electron chi connectivity index (χ1n) is 20.7. The topological polar surface area (TPSA) is 35.9 Å². The van der Waals surface area contributed by atoms with Crippen molar-refractivity contribution in [2.75, 3.05) is 0 Å². The van der Waals surface area contributed by atoms with Gasteiger partial charge in [0.2, 0.25) is 0 Å². The van der Waals surface area contributed by atoms with Crippen LogP contribution in [0.1, 0.15) is 25.0 Å². The van der Waals surface area contributed by atoms with Crippen LogP contribution in [0.25, 0.3) is 110 Å². The van der Waals surface area contributed by atoms with Gasteiger partial charge in [-0.05, 0) is 124 Å². The highest BCUT2D eigenvalue weighted by Gasteiger charge is 2.36. The molecule has 0 atom stereocenters. The molecule has 4 aromatic heterocycles. The number of rotatable bonds is 4. The van der Waals surface area contributed by atoms with E-state index < -0.39 is 0 Å². The number of aromatic nitrogens is 3. The molecule has 0 fully saturated rings. The molecule has 4 heterocycles. The maximum Gasteiger partial charge on any atom is 0.135 e. The Bertz CT molecular complexity index is 3750. The predicted octanol–water partition coefficient (Wildman–Crippen LogP) is 14.8. The Balaban J connectivity index is 0.982. The van der Waals surface area contributed by atoms with Crippen molar-refractivity contribution in [1.29, 1.82) is 0 Å². The highest BCUT2D eigenvalue weighted by atomic mass is 16.3.